The van der Waals surface area contributed by atoms with Crippen LogP contribution in [0.15, 0.2) is 16.6 Å². The smallest absolute Gasteiger partial charge is 0.191 e. The van der Waals surface area contributed by atoms with Crippen molar-refractivity contribution < 1.29 is 4.74 Å². The van der Waals surface area contributed by atoms with Crippen molar-refractivity contribution in [2.24, 2.45) is 10.7 Å². The zero-order chi connectivity index (χ0) is 11.2. The Kier molecular flexibility index (Phi) is 7.29. The van der Waals surface area contributed by atoms with E-state index in [1.165, 1.54) is 5.57 Å². The number of rotatable bonds is 2. The van der Waals surface area contributed by atoms with E-state index in [2.05, 4.69) is 16.0 Å². The number of hydrogen-bond acceptors (Lipinski definition) is 3. The largest absolute Gasteiger partial charge is 0.377 e. The normalized spacial score (nSPS) is 21.8. The minimum atomic E-state index is 0. The molecule has 0 unspecified atom stereocenters. The molecule has 0 aliphatic carbocycles. The van der Waals surface area contributed by atoms with E-state index in [0.29, 0.717) is 19.1 Å². The molecule has 2 aliphatic rings. The van der Waals surface area contributed by atoms with Gasteiger partial charge in [0.2, 0.25) is 0 Å². The number of guanidine groups is 1. The van der Waals surface area contributed by atoms with Gasteiger partial charge in [-0.05, 0) is 12.0 Å². The fraction of sp³-hybridized carbons (Fsp3) is 0.727. The standard InChI is InChI=1S/C11H19N3OS.HI/c12-11(14-3-6-16-7-4-14)13-8-10-2-1-5-15-9-10;/h2H,1,3-9H2,(H2,12,13);1H. The van der Waals surface area contributed by atoms with Crippen LogP contribution in [0.2, 0.25) is 0 Å². The van der Waals surface area contributed by atoms with Crippen LogP contribution in [0.25, 0.3) is 0 Å². The zero-order valence-electron chi connectivity index (χ0n) is 9.93. The summed E-state index contributed by atoms with van der Waals surface area (Å²) in [6.07, 6.45) is 3.22. The third kappa shape index (κ3) is 5.05. The highest BCUT2D eigenvalue weighted by Crippen LogP contribution is 2.09. The summed E-state index contributed by atoms with van der Waals surface area (Å²) in [5.41, 5.74) is 7.21. The summed E-state index contributed by atoms with van der Waals surface area (Å²) in [5, 5.41) is 0. The Bertz CT molecular complexity index is 290. The maximum Gasteiger partial charge on any atom is 0.191 e. The molecule has 98 valence electrons. The van der Waals surface area contributed by atoms with Gasteiger partial charge in [-0.25, -0.2) is 4.99 Å². The molecule has 0 amide bonds. The number of halogens is 1. The Hall–Kier alpha value is 0.0500. The number of ether oxygens (including phenoxy) is 1. The topological polar surface area (TPSA) is 50.9 Å². The summed E-state index contributed by atoms with van der Waals surface area (Å²) in [5.74, 6) is 3.00. The lowest BCUT2D eigenvalue weighted by atomic mass is 10.2. The van der Waals surface area contributed by atoms with E-state index in [9.17, 15) is 0 Å². The van der Waals surface area contributed by atoms with Crippen LogP contribution in [0, 0.1) is 0 Å². The van der Waals surface area contributed by atoms with Crippen LogP contribution < -0.4 is 5.73 Å². The molecular formula is C11H20IN3OS. The molecule has 0 aromatic heterocycles. The van der Waals surface area contributed by atoms with Crippen LogP contribution in [0.3, 0.4) is 0 Å². The lowest BCUT2D eigenvalue weighted by Gasteiger charge is -2.27. The summed E-state index contributed by atoms with van der Waals surface area (Å²) in [6, 6.07) is 0. The monoisotopic (exact) mass is 369 g/mol. The van der Waals surface area contributed by atoms with E-state index in [4.69, 9.17) is 10.5 Å². The quantitative estimate of drug-likeness (QED) is 0.345. The number of aliphatic imine (C=N–C) groups is 1. The van der Waals surface area contributed by atoms with Crippen LogP contribution in [0.4, 0.5) is 0 Å². The van der Waals surface area contributed by atoms with E-state index in [-0.39, 0.29) is 24.0 Å². The van der Waals surface area contributed by atoms with Crippen molar-refractivity contribution in [1.82, 2.24) is 4.90 Å². The van der Waals surface area contributed by atoms with Crippen LogP contribution in [0.1, 0.15) is 6.42 Å². The molecule has 0 radical (unpaired) electrons. The van der Waals surface area contributed by atoms with Gasteiger partial charge in [-0.15, -0.1) is 24.0 Å². The second-order valence-electron chi connectivity index (χ2n) is 3.98. The molecule has 17 heavy (non-hydrogen) atoms. The number of hydrogen-bond donors (Lipinski definition) is 1. The van der Waals surface area contributed by atoms with Gasteiger partial charge < -0.3 is 15.4 Å². The van der Waals surface area contributed by atoms with Gasteiger partial charge in [-0.1, -0.05) is 6.08 Å². The predicted molar refractivity (Wildman–Crippen MR) is 84.3 cm³/mol. The van der Waals surface area contributed by atoms with Crippen LogP contribution >= 0.6 is 35.7 Å². The maximum atomic E-state index is 5.96. The fourth-order valence-corrected chi connectivity index (χ4v) is 2.70. The molecule has 2 heterocycles. The maximum absolute atomic E-state index is 5.96. The van der Waals surface area contributed by atoms with Gasteiger partial charge in [-0.2, -0.15) is 11.8 Å². The molecule has 2 N–H and O–H groups in total. The average Bonchev–Trinajstić information content (AvgIpc) is 2.38. The molecule has 4 nitrogen and oxygen atoms in total. The summed E-state index contributed by atoms with van der Waals surface area (Å²) in [4.78, 5) is 6.60. The Labute approximate surface area is 124 Å². The molecule has 6 heteroatoms. The highest BCUT2D eigenvalue weighted by atomic mass is 127. The van der Waals surface area contributed by atoms with Crippen molar-refractivity contribution in [3.63, 3.8) is 0 Å². The van der Waals surface area contributed by atoms with Gasteiger partial charge >= 0.3 is 0 Å². The predicted octanol–water partition coefficient (Wildman–Crippen LogP) is 1.31. The molecule has 2 rings (SSSR count). The van der Waals surface area contributed by atoms with E-state index < -0.39 is 0 Å². The van der Waals surface area contributed by atoms with Crippen molar-refractivity contribution in [1.29, 1.82) is 0 Å². The van der Waals surface area contributed by atoms with Crippen molar-refractivity contribution in [2.45, 2.75) is 6.42 Å². The lowest BCUT2D eigenvalue weighted by Crippen LogP contribution is -2.42. The second kappa shape index (κ2) is 8.20. The van der Waals surface area contributed by atoms with E-state index >= 15 is 0 Å². The van der Waals surface area contributed by atoms with Crippen molar-refractivity contribution in [3.05, 3.63) is 11.6 Å². The molecule has 0 saturated carbocycles. The second-order valence-corrected chi connectivity index (χ2v) is 5.20. The average molecular weight is 369 g/mol. The molecule has 1 saturated heterocycles. The molecule has 2 aliphatic heterocycles. The summed E-state index contributed by atoms with van der Waals surface area (Å²) in [6.45, 7) is 4.29. The molecular weight excluding hydrogens is 349 g/mol. The summed E-state index contributed by atoms with van der Waals surface area (Å²) in [7, 11) is 0. The zero-order valence-corrected chi connectivity index (χ0v) is 13.1. The van der Waals surface area contributed by atoms with Crippen molar-refractivity contribution >= 4 is 41.7 Å². The number of thioether (sulfide) groups is 1. The molecule has 0 spiro atoms. The Balaban J connectivity index is 0.00000144. The third-order valence-corrected chi connectivity index (χ3v) is 3.70. The summed E-state index contributed by atoms with van der Waals surface area (Å²) < 4.78 is 5.36. The molecule has 1 fully saturated rings. The molecule has 0 aromatic carbocycles. The first-order chi connectivity index (χ1) is 7.86. The minimum absolute atomic E-state index is 0. The Morgan fingerprint density at radius 3 is 2.88 bits per heavy atom. The molecule has 0 aromatic rings. The fourth-order valence-electron chi connectivity index (χ4n) is 1.79. The first-order valence-electron chi connectivity index (χ1n) is 5.74. The Morgan fingerprint density at radius 2 is 2.24 bits per heavy atom. The van der Waals surface area contributed by atoms with E-state index in [1.54, 1.807) is 0 Å². The van der Waals surface area contributed by atoms with Crippen LogP contribution in [-0.4, -0.2) is 55.2 Å². The van der Waals surface area contributed by atoms with E-state index in [1.807, 2.05) is 11.8 Å². The highest BCUT2D eigenvalue weighted by Gasteiger charge is 2.12. The molecule has 0 bridgehead atoms. The van der Waals surface area contributed by atoms with Crippen LogP contribution in [0.5, 0.6) is 0 Å². The van der Waals surface area contributed by atoms with Crippen molar-refractivity contribution in [3.8, 4) is 0 Å². The van der Waals surface area contributed by atoms with Crippen LogP contribution in [-0.2, 0) is 4.74 Å². The van der Waals surface area contributed by atoms with Crippen molar-refractivity contribution in [2.75, 3.05) is 44.4 Å². The number of nitrogens with two attached hydrogens (primary N) is 1. The summed E-state index contributed by atoms with van der Waals surface area (Å²) >= 11 is 1.98. The number of nitrogens with zero attached hydrogens (tertiary/aromatic N) is 2. The molecule has 0 atom stereocenters. The van der Waals surface area contributed by atoms with Gasteiger partial charge in [-0.3, -0.25) is 0 Å². The minimum Gasteiger partial charge on any atom is -0.377 e. The van der Waals surface area contributed by atoms with Gasteiger partial charge in [0, 0.05) is 24.6 Å². The van der Waals surface area contributed by atoms with Gasteiger partial charge in [0.1, 0.15) is 0 Å². The van der Waals surface area contributed by atoms with E-state index in [0.717, 1.165) is 37.6 Å². The Morgan fingerprint density at radius 1 is 1.47 bits per heavy atom. The first kappa shape index (κ1) is 15.1. The van der Waals surface area contributed by atoms with Gasteiger partial charge in [0.25, 0.3) is 0 Å². The highest BCUT2D eigenvalue weighted by molar-refractivity contribution is 14.0. The SMILES string of the molecule is I.NC(=NCC1=CCCOC1)N1CCSCC1. The van der Waals surface area contributed by atoms with Gasteiger partial charge in [0.15, 0.2) is 5.96 Å². The van der Waals surface area contributed by atoms with Gasteiger partial charge in [0.05, 0.1) is 19.8 Å². The first-order valence-corrected chi connectivity index (χ1v) is 6.90. The lowest BCUT2D eigenvalue weighted by molar-refractivity contribution is 0.149. The third-order valence-electron chi connectivity index (χ3n) is 2.76.